The van der Waals surface area contributed by atoms with Crippen LogP contribution in [0.5, 0.6) is 0 Å². The number of nitrogens with one attached hydrogen (secondary N) is 1. The molecule has 0 radical (unpaired) electrons. The monoisotopic (exact) mass is 477 g/mol. The summed E-state index contributed by atoms with van der Waals surface area (Å²) < 4.78 is 0. The molecule has 1 aromatic carbocycles. The quantitative estimate of drug-likeness (QED) is 0.650. The molecule has 0 unspecified atom stereocenters. The minimum Gasteiger partial charge on any atom is -0.392 e. The fourth-order valence-corrected chi connectivity index (χ4v) is 6.70. The Balaban J connectivity index is 1.45. The third-order valence-corrected chi connectivity index (χ3v) is 8.77. The minimum atomic E-state index is -0.581. The van der Waals surface area contributed by atoms with Gasteiger partial charge in [-0.05, 0) is 66.5 Å². The number of rotatable bonds is 6. The molecule has 188 valence electrons. The van der Waals surface area contributed by atoms with E-state index < -0.39 is 6.10 Å². The molecule has 1 aromatic heterocycles. The lowest BCUT2D eigenvalue weighted by Crippen LogP contribution is -2.58. The van der Waals surface area contributed by atoms with Gasteiger partial charge in [-0.1, -0.05) is 57.2 Å². The lowest BCUT2D eigenvalue weighted by atomic mass is 9.51. The molecule has 1 heterocycles. The van der Waals surface area contributed by atoms with Crippen LogP contribution in [0, 0.1) is 29.1 Å². The van der Waals surface area contributed by atoms with Crippen molar-refractivity contribution < 1.29 is 14.7 Å². The minimum absolute atomic E-state index is 0.0142. The maximum atomic E-state index is 13.3. The summed E-state index contributed by atoms with van der Waals surface area (Å²) in [4.78, 5) is 32.1. The van der Waals surface area contributed by atoms with Crippen LogP contribution in [0.2, 0.25) is 0 Å². The number of amides is 2. The molecule has 2 fully saturated rings. The number of benzene rings is 1. The van der Waals surface area contributed by atoms with Crippen molar-refractivity contribution in [1.29, 1.82) is 0 Å². The maximum absolute atomic E-state index is 13.3. The van der Waals surface area contributed by atoms with Crippen molar-refractivity contribution in [2.75, 3.05) is 7.05 Å². The Morgan fingerprint density at radius 3 is 2.51 bits per heavy atom. The number of hydrogen-bond donors (Lipinski definition) is 2. The fraction of sp³-hybridized carbons (Fsp3) is 0.552. The lowest BCUT2D eigenvalue weighted by molar-refractivity contribution is -0.149. The molecule has 0 bridgehead atoms. The van der Waals surface area contributed by atoms with Gasteiger partial charge in [0.05, 0.1) is 6.10 Å². The summed E-state index contributed by atoms with van der Waals surface area (Å²) in [6, 6.07) is 15.3. The summed E-state index contributed by atoms with van der Waals surface area (Å²) in [5.74, 6) is -0.323. The van der Waals surface area contributed by atoms with E-state index in [9.17, 15) is 14.7 Å². The number of hydrogen-bond acceptors (Lipinski definition) is 4. The molecule has 2 amide bonds. The molecule has 0 aliphatic heterocycles. The second kappa shape index (κ2) is 10.5. The van der Waals surface area contributed by atoms with Gasteiger partial charge in [0, 0.05) is 31.7 Å². The van der Waals surface area contributed by atoms with Gasteiger partial charge in [0.25, 0.3) is 5.91 Å². The van der Waals surface area contributed by atoms with Gasteiger partial charge < -0.3 is 15.3 Å². The van der Waals surface area contributed by atoms with Crippen molar-refractivity contribution >= 4 is 11.8 Å². The molecule has 2 aliphatic rings. The molecule has 35 heavy (non-hydrogen) atoms. The largest absolute Gasteiger partial charge is 0.392 e. The Morgan fingerprint density at radius 2 is 1.83 bits per heavy atom. The van der Waals surface area contributed by atoms with E-state index in [0.717, 1.165) is 31.2 Å². The van der Waals surface area contributed by atoms with Crippen LogP contribution >= 0.6 is 0 Å². The number of aliphatic hydroxyl groups is 1. The SMILES string of the molecule is C[C@H]1[C@@H]2[C@@H](O)[C@H]([C@H](C)C(=O)N(C)Cc3ccccc3)CC[C@@]2(C)CC[C@@H]1NC(=O)c1ccccn1. The summed E-state index contributed by atoms with van der Waals surface area (Å²) in [6.07, 6.45) is 4.72. The molecule has 6 nitrogen and oxygen atoms in total. The highest BCUT2D eigenvalue weighted by molar-refractivity contribution is 5.92. The van der Waals surface area contributed by atoms with Crippen LogP contribution in [0.4, 0.5) is 0 Å². The molecule has 0 spiro atoms. The van der Waals surface area contributed by atoms with Gasteiger partial charge in [0.2, 0.25) is 5.91 Å². The van der Waals surface area contributed by atoms with E-state index in [2.05, 4.69) is 24.1 Å². The van der Waals surface area contributed by atoms with Gasteiger partial charge in [0.1, 0.15) is 5.69 Å². The van der Waals surface area contributed by atoms with E-state index in [0.29, 0.717) is 12.2 Å². The van der Waals surface area contributed by atoms with Crippen molar-refractivity contribution in [2.24, 2.45) is 29.1 Å². The standard InChI is InChI=1S/C29H39N3O3/c1-19(28(35)32(4)18-21-10-6-5-7-11-21)22-13-15-29(3)16-14-23(20(2)25(29)26(22)33)31-27(34)24-12-8-9-17-30-24/h5-12,17,19-20,22-23,25-26,33H,13-16,18H2,1-4H3,(H,31,34)/t19-,20+,22-,23-,25+,26-,29-/m0/s1. The normalized spacial score (nSPS) is 31.2. The van der Waals surface area contributed by atoms with E-state index in [1.165, 1.54) is 0 Å². The first-order valence-corrected chi connectivity index (χ1v) is 12.9. The highest BCUT2D eigenvalue weighted by Crippen LogP contribution is 2.55. The summed E-state index contributed by atoms with van der Waals surface area (Å²) in [5, 5.41) is 14.8. The summed E-state index contributed by atoms with van der Waals surface area (Å²) in [6.45, 7) is 6.95. The number of pyridine rings is 1. The summed E-state index contributed by atoms with van der Waals surface area (Å²) >= 11 is 0. The number of carbonyl (C=O) groups is 2. The highest BCUT2D eigenvalue weighted by atomic mass is 16.3. The van der Waals surface area contributed by atoms with Gasteiger partial charge in [-0.25, -0.2) is 0 Å². The van der Waals surface area contributed by atoms with E-state index in [-0.39, 0.29) is 46.9 Å². The van der Waals surface area contributed by atoms with Gasteiger partial charge in [-0.15, -0.1) is 0 Å². The molecular weight excluding hydrogens is 438 g/mol. The smallest absolute Gasteiger partial charge is 0.270 e. The topological polar surface area (TPSA) is 82.5 Å². The summed E-state index contributed by atoms with van der Waals surface area (Å²) in [5.41, 5.74) is 1.52. The van der Waals surface area contributed by atoms with Gasteiger partial charge in [0.15, 0.2) is 0 Å². The van der Waals surface area contributed by atoms with E-state index in [1.807, 2.05) is 50.4 Å². The predicted octanol–water partition coefficient (Wildman–Crippen LogP) is 4.30. The molecule has 2 aliphatic carbocycles. The Morgan fingerprint density at radius 1 is 1.14 bits per heavy atom. The van der Waals surface area contributed by atoms with Crippen molar-refractivity contribution in [3.05, 3.63) is 66.0 Å². The second-order valence-electron chi connectivity index (χ2n) is 11.0. The van der Waals surface area contributed by atoms with Crippen LogP contribution in [0.15, 0.2) is 54.7 Å². The van der Waals surface area contributed by atoms with Crippen LogP contribution in [0.3, 0.4) is 0 Å². The molecule has 2 aromatic rings. The van der Waals surface area contributed by atoms with Gasteiger partial charge in [-0.2, -0.15) is 0 Å². The van der Waals surface area contributed by atoms with Crippen LogP contribution < -0.4 is 5.32 Å². The number of fused-ring (bicyclic) bond motifs is 1. The average molecular weight is 478 g/mol. The van der Waals surface area contributed by atoms with Crippen molar-refractivity contribution in [1.82, 2.24) is 15.2 Å². The fourth-order valence-electron chi connectivity index (χ4n) is 6.70. The Hall–Kier alpha value is -2.73. The number of carbonyl (C=O) groups excluding carboxylic acids is 2. The average Bonchev–Trinajstić information content (AvgIpc) is 2.86. The molecule has 4 rings (SSSR count). The van der Waals surface area contributed by atoms with E-state index in [1.54, 1.807) is 23.2 Å². The second-order valence-corrected chi connectivity index (χ2v) is 11.0. The zero-order chi connectivity index (χ0) is 25.2. The maximum Gasteiger partial charge on any atom is 0.270 e. The van der Waals surface area contributed by atoms with Gasteiger partial charge >= 0.3 is 0 Å². The van der Waals surface area contributed by atoms with Crippen LogP contribution in [0.1, 0.15) is 62.5 Å². The Bertz CT molecular complexity index is 1010. The third kappa shape index (κ3) is 5.27. The van der Waals surface area contributed by atoms with Crippen molar-refractivity contribution in [3.63, 3.8) is 0 Å². The number of aromatic nitrogens is 1. The molecule has 7 atom stereocenters. The number of aliphatic hydroxyl groups excluding tert-OH is 1. The van der Waals surface area contributed by atoms with Gasteiger partial charge in [-0.3, -0.25) is 14.6 Å². The van der Waals surface area contributed by atoms with E-state index >= 15 is 0 Å². The van der Waals surface area contributed by atoms with Crippen LogP contribution in [0.25, 0.3) is 0 Å². The molecule has 2 saturated carbocycles. The first-order valence-electron chi connectivity index (χ1n) is 12.9. The summed E-state index contributed by atoms with van der Waals surface area (Å²) in [7, 11) is 1.84. The number of nitrogens with zero attached hydrogens (tertiary/aromatic N) is 2. The molecule has 0 saturated heterocycles. The molecular formula is C29H39N3O3. The Labute approximate surface area is 209 Å². The zero-order valence-electron chi connectivity index (χ0n) is 21.4. The van der Waals surface area contributed by atoms with E-state index in [4.69, 9.17) is 0 Å². The molecule has 2 N–H and O–H groups in total. The first-order chi connectivity index (χ1) is 16.7. The molecule has 6 heteroatoms. The third-order valence-electron chi connectivity index (χ3n) is 8.77. The van der Waals surface area contributed by atoms with Crippen molar-refractivity contribution in [2.45, 2.75) is 65.1 Å². The zero-order valence-corrected chi connectivity index (χ0v) is 21.4. The van der Waals surface area contributed by atoms with Crippen molar-refractivity contribution in [3.8, 4) is 0 Å². The van der Waals surface area contributed by atoms with Crippen LogP contribution in [-0.2, 0) is 11.3 Å². The Kier molecular flexibility index (Phi) is 7.60. The lowest BCUT2D eigenvalue weighted by Gasteiger charge is -2.56. The first kappa shape index (κ1) is 25.4. The highest BCUT2D eigenvalue weighted by Gasteiger charge is 2.54. The predicted molar refractivity (Wildman–Crippen MR) is 136 cm³/mol. The van der Waals surface area contributed by atoms with Crippen LogP contribution in [-0.4, -0.2) is 46.0 Å².